The van der Waals surface area contributed by atoms with Crippen molar-refractivity contribution in [1.82, 2.24) is 95.3 Å². The molecule has 0 spiro atoms. The number of hydrogen-bond donors (Lipinski definition) is 26. The highest BCUT2D eigenvalue weighted by Crippen LogP contribution is 2.23. The number of nitrogens with zero attached hydrogens (tertiary/aromatic N) is 1. The lowest BCUT2D eigenvalue weighted by Crippen LogP contribution is -2.62. The Kier molecular flexibility index (Phi) is 59.4. The Morgan fingerprint density at radius 3 is 1.15 bits per heavy atom. The molecular formula is C94H165N21O26. The van der Waals surface area contributed by atoms with E-state index in [-0.39, 0.29) is 94.5 Å². The summed E-state index contributed by atoms with van der Waals surface area (Å²) >= 11 is 0. The van der Waals surface area contributed by atoms with Gasteiger partial charge in [0.05, 0.1) is 31.8 Å². The van der Waals surface area contributed by atoms with Crippen molar-refractivity contribution >= 4 is 118 Å². The first-order valence-electron chi connectivity index (χ1n) is 49.0. The molecule has 0 aromatic carbocycles. The quantitative estimate of drug-likeness (QED) is 0.0204. The SMILES string of the molecule is C/C=C(\NC(=O)[C@@H](NC(=O)[C@H](CC(C)C)NC(=O)[C@@H](CCC(N)=O)NC(=O)[C@H](NC(=O)[C@H](NC(=O)[C@H](CC(C)C)NC(=O)[C@H](CO)NC(=O)[C@@H](NC(=O)[C@@H](CC(C)C)NC(=O)[C@H](CO)NC(=O)[C@H]1CCCN1C(=O)/C(=C\C)NC(=O)C[C@@H](O)CCCCC)C(C)C)C(C)C)C(C)C)C(C)C)C(=O)N[C@H](C(=O)N[C@H](C(=O)N[C@H](CCO)C(=O)N[C@@H](CCN)C(=O)N[C@H](CCCCN)C(=O)O)[C@@H](C)CC)[C@@H](C)O. The second kappa shape index (κ2) is 65.6. The maximum absolute atomic E-state index is 14.6. The fraction of sp³-hybridized carbons (Fsp3) is 0.745. The summed E-state index contributed by atoms with van der Waals surface area (Å²) in [7, 11) is 0. The number of rotatable bonds is 67. The smallest absolute Gasteiger partial charge is 0.326 e. The van der Waals surface area contributed by atoms with Crippen LogP contribution in [0.15, 0.2) is 23.5 Å². The van der Waals surface area contributed by atoms with Gasteiger partial charge in [0.25, 0.3) is 11.8 Å². The van der Waals surface area contributed by atoms with E-state index in [4.69, 9.17) is 17.2 Å². The number of carbonyl (C=O) groups excluding carboxylic acids is 19. The van der Waals surface area contributed by atoms with Gasteiger partial charge in [0, 0.05) is 19.6 Å². The predicted molar refractivity (Wildman–Crippen MR) is 520 cm³/mol. The molecule has 802 valence electrons. The average molecular weight is 2010 g/mol. The van der Waals surface area contributed by atoms with Gasteiger partial charge in [-0.05, 0) is 158 Å². The Hall–Kier alpha value is -11.4. The van der Waals surface area contributed by atoms with Gasteiger partial charge in [0.2, 0.25) is 100 Å². The first kappa shape index (κ1) is 128. The van der Waals surface area contributed by atoms with Gasteiger partial charge in [-0.15, -0.1) is 0 Å². The fourth-order valence-corrected chi connectivity index (χ4v) is 15.1. The number of aliphatic hydroxyl groups excluding tert-OH is 5. The molecule has 0 aromatic rings. The van der Waals surface area contributed by atoms with E-state index in [1.165, 1.54) is 38.7 Å². The van der Waals surface area contributed by atoms with Crippen molar-refractivity contribution in [3.8, 4) is 0 Å². The third-order valence-corrected chi connectivity index (χ3v) is 23.5. The average Bonchev–Trinajstić information content (AvgIpc) is 1.69. The normalized spacial score (nSPS) is 16.7. The van der Waals surface area contributed by atoms with Crippen molar-refractivity contribution in [1.29, 1.82) is 0 Å². The molecule has 1 aliphatic heterocycles. The van der Waals surface area contributed by atoms with Crippen LogP contribution in [0.4, 0.5) is 0 Å². The molecule has 141 heavy (non-hydrogen) atoms. The van der Waals surface area contributed by atoms with Crippen LogP contribution in [0.3, 0.4) is 0 Å². The topological polar surface area (TPSA) is 749 Å². The van der Waals surface area contributed by atoms with Crippen LogP contribution in [0.25, 0.3) is 0 Å². The number of likely N-dealkylation sites (tertiary alicyclic amines) is 1. The highest BCUT2D eigenvalue weighted by atomic mass is 16.4. The van der Waals surface area contributed by atoms with Gasteiger partial charge >= 0.3 is 5.97 Å². The first-order chi connectivity index (χ1) is 66.1. The van der Waals surface area contributed by atoms with E-state index in [1.807, 2.05) is 6.92 Å². The summed E-state index contributed by atoms with van der Waals surface area (Å²) in [5, 5.41) is 105. The van der Waals surface area contributed by atoms with E-state index in [2.05, 4.69) is 90.4 Å². The van der Waals surface area contributed by atoms with Crippen molar-refractivity contribution < 1.29 is 127 Å². The molecule has 47 heteroatoms. The summed E-state index contributed by atoms with van der Waals surface area (Å²) in [6.45, 7) is 29.4. The van der Waals surface area contributed by atoms with E-state index in [9.17, 15) is 127 Å². The second-order valence-electron chi connectivity index (χ2n) is 38.5. The molecule has 0 unspecified atom stereocenters. The zero-order valence-electron chi connectivity index (χ0n) is 85.7. The Morgan fingerprint density at radius 1 is 0.383 bits per heavy atom. The standard InChI is InChI=1S/C94H165N21O26/c1-21-25-26-30-56(120)44-70(122)98-58(24-4)93(139)115-39-29-32-68(115)86(132)107-66(45-117)84(130)105-64(42-48(7)8)82(128)110-72(51(13)14)89(135)108-67(46-118)85(131)106-65(43-49(9)10)83(129)111-74(53(17)18)90(136)112-73(52(15)16)88(134)101-59(33-34-69(97)121)78(124)104-63(41-47(5)6)81(127)109-71(50(11)12)87(133)99-57(23-3)77(123)114-76(55(20)119)92(138)113-75(54(19)22-2)91(137)102-61(36-40-116)80(126)100-60(35-38-96)79(125)103-62(94(140)141)31-27-28-37-95/h23-24,47-56,59-68,71-76,116-120H,21-22,25-46,95-96H2,1-20H3,(H2,97,121)(H,98,122)(H,99,133)(H,100,126)(H,101,134)(H,102,137)(H,103,125)(H,104,124)(H,105,130)(H,106,131)(H,107,132)(H,108,135)(H,109,127)(H,110,128)(H,111,129)(H,112,136)(H,113,138)(H,114,123)(H,140,141)/b57-23-,58-24+/t54-,55+,56-,59+,60-,61+,62+,63-,64+,65-,66-,67-,68+,71-,72-,73+,74+,75-,76-/m0/s1. The van der Waals surface area contributed by atoms with Crippen LogP contribution in [0.2, 0.25) is 0 Å². The van der Waals surface area contributed by atoms with Gasteiger partial charge in [-0.2, -0.15) is 0 Å². The maximum atomic E-state index is 14.6. The van der Waals surface area contributed by atoms with Gasteiger partial charge < -0.3 is 143 Å². The number of primary amides is 1. The minimum Gasteiger partial charge on any atom is -0.480 e. The monoisotopic (exact) mass is 2000 g/mol. The van der Waals surface area contributed by atoms with E-state index >= 15 is 0 Å². The highest BCUT2D eigenvalue weighted by Gasteiger charge is 2.44. The number of nitrogens with two attached hydrogens (primary N) is 3. The molecule has 1 fully saturated rings. The number of nitrogens with one attached hydrogen (secondary N) is 17. The van der Waals surface area contributed by atoms with Crippen LogP contribution >= 0.6 is 0 Å². The van der Waals surface area contributed by atoms with Crippen LogP contribution in [0.1, 0.15) is 254 Å². The van der Waals surface area contributed by atoms with Gasteiger partial charge in [0.15, 0.2) is 0 Å². The zero-order chi connectivity index (χ0) is 108. The fourth-order valence-electron chi connectivity index (χ4n) is 15.1. The van der Waals surface area contributed by atoms with E-state index in [0.29, 0.717) is 32.1 Å². The van der Waals surface area contributed by atoms with Crippen molar-refractivity contribution in [3.63, 3.8) is 0 Å². The van der Waals surface area contributed by atoms with E-state index < -0.39 is 301 Å². The molecule has 0 bridgehead atoms. The number of amides is 19. The van der Waals surface area contributed by atoms with Gasteiger partial charge in [0.1, 0.15) is 108 Å². The van der Waals surface area contributed by atoms with Gasteiger partial charge in [-0.25, -0.2) is 4.79 Å². The molecule has 1 aliphatic rings. The molecular weight excluding hydrogens is 1840 g/mol. The van der Waals surface area contributed by atoms with Crippen LogP contribution in [0, 0.1) is 47.3 Å². The maximum Gasteiger partial charge on any atom is 0.326 e. The largest absolute Gasteiger partial charge is 0.480 e. The summed E-state index contributed by atoms with van der Waals surface area (Å²) in [6, 6.07) is -24.2. The number of carboxylic acid groups (broad SMARTS) is 1. The number of hydrogen-bond acceptors (Lipinski definition) is 27. The molecule has 47 nitrogen and oxygen atoms in total. The van der Waals surface area contributed by atoms with E-state index in [1.54, 1.807) is 96.9 Å². The van der Waals surface area contributed by atoms with Crippen LogP contribution < -0.4 is 108 Å². The minimum atomic E-state index is -1.85. The Bertz CT molecular complexity index is 4200. The molecule has 29 N–H and O–H groups in total. The Labute approximate surface area is 826 Å². The second-order valence-corrected chi connectivity index (χ2v) is 38.5. The minimum absolute atomic E-state index is 0.0258. The summed E-state index contributed by atoms with van der Waals surface area (Å²) < 4.78 is 0. The number of carboxylic acids is 1. The van der Waals surface area contributed by atoms with E-state index in [0.717, 1.165) is 25.8 Å². The van der Waals surface area contributed by atoms with Crippen molar-refractivity contribution in [2.75, 3.05) is 39.5 Å². The van der Waals surface area contributed by atoms with Crippen molar-refractivity contribution in [2.45, 2.75) is 363 Å². The Balaban J connectivity index is 3.48. The number of unbranched alkanes of at least 4 members (excludes halogenated alkanes) is 3. The molecule has 1 saturated heterocycles. The number of aliphatic hydroxyl groups is 5. The van der Waals surface area contributed by atoms with Gasteiger partial charge in [-0.1, -0.05) is 156 Å². The zero-order valence-corrected chi connectivity index (χ0v) is 85.7. The lowest BCUT2D eigenvalue weighted by molar-refractivity contribution is -0.142. The lowest BCUT2D eigenvalue weighted by atomic mass is 9.97. The molecule has 19 amide bonds. The molecule has 0 saturated carbocycles. The molecule has 0 radical (unpaired) electrons. The third kappa shape index (κ3) is 45.2. The first-order valence-corrected chi connectivity index (χ1v) is 49.0. The summed E-state index contributed by atoms with van der Waals surface area (Å²) in [6.07, 6.45) is 2.27. The van der Waals surface area contributed by atoms with Crippen molar-refractivity contribution in [2.24, 2.45) is 64.5 Å². The van der Waals surface area contributed by atoms with Crippen LogP contribution in [-0.4, -0.2) is 302 Å². The summed E-state index contributed by atoms with van der Waals surface area (Å²) in [5.74, 6) is -24.1. The van der Waals surface area contributed by atoms with Gasteiger partial charge in [-0.3, -0.25) is 91.1 Å². The summed E-state index contributed by atoms with van der Waals surface area (Å²) in [5.41, 5.74) is 16.2. The highest BCUT2D eigenvalue weighted by molar-refractivity contribution is 6.05. The number of allylic oxidation sites excluding steroid dienone is 2. The molecule has 19 atom stereocenters. The summed E-state index contributed by atoms with van der Waals surface area (Å²) in [4.78, 5) is 279. The molecule has 1 heterocycles. The lowest BCUT2D eigenvalue weighted by Gasteiger charge is -2.31. The number of carbonyl (C=O) groups is 20. The Morgan fingerprint density at radius 2 is 0.752 bits per heavy atom. The molecule has 0 aliphatic carbocycles. The molecule has 0 aromatic heterocycles. The number of aliphatic carboxylic acids is 1. The van der Waals surface area contributed by atoms with Crippen molar-refractivity contribution in [3.05, 3.63) is 23.5 Å². The third-order valence-electron chi connectivity index (χ3n) is 23.5. The molecule has 1 rings (SSSR count). The van der Waals surface area contributed by atoms with Crippen LogP contribution in [-0.2, 0) is 95.9 Å². The van der Waals surface area contributed by atoms with Crippen LogP contribution in [0.5, 0.6) is 0 Å². The predicted octanol–water partition coefficient (Wildman–Crippen LogP) is -4.00.